The van der Waals surface area contributed by atoms with E-state index in [1.54, 1.807) is 0 Å². The van der Waals surface area contributed by atoms with Crippen LogP contribution in [-0.4, -0.2) is 7.11 Å². The Morgan fingerprint density at radius 1 is 1.86 bits per heavy atom. The molecule has 0 amide bonds. The monoisotopic (exact) mass is 145 g/mol. The highest BCUT2D eigenvalue weighted by atomic mass is 31.2. The fraction of sp³-hybridized carbons (Fsp3) is 1.00. The Balaban J connectivity index is 3.16. The molecule has 0 aliphatic rings. The Morgan fingerprint density at radius 2 is 2.43 bits per heavy atom. The van der Waals surface area contributed by atoms with Crippen molar-refractivity contribution in [2.24, 2.45) is 4.52 Å². The molecule has 1 atom stereocenters. The molecule has 0 aliphatic carbocycles. The van der Waals surface area contributed by atoms with E-state index in [1.165, 1.54) is 0 Å². The van der Waals surface area contributed by atoms with Gasteiger partial charge in [0.25, 0.3) is 0 Å². The topological polar surface area (TPSA) is 21.6 Å². The molecule has 42 valence electrons. The molecular formula is CH3F2NOP2. The lowest BCUT2D eigenvalue weighted by atomic mass is 11.8. The van der Waals surface area contributed by atoms with Crippen LogP contribution in [0.1, 0.15) is 0 Å². The highest BCUT2D eigenvalue weighted by molar-refractivity contribution is 7.50. The van der Waals surface area contributed by atoms with Crippen molar-refractivity contribution in [2.75, 3.05) is 7.11 Å². The van der Waals surface area contributed by atoms with Gasteiger partial charge in [0, 0.05) is 7.11 Å². The zero-order valence-electron chi connectivity index (χ0n) is 3.51. The van der Waals surface area contributed by atoms with Crippen molar-refractivity contribution in [1.29, 1.82) is 0 Å². The lowest BCUT2D eigenvalue weighted by Gasteiger charge is -1.88. The van der Waals surface area contributed by atoms with Crippen LogP contribution in [0.5, 0.6) is 0 Å². The van der Waals surface area contributed by atoms with Crippen LogP contribution in [-0.2, 0) is 4.52 Å². The summed E-state index contributed by atoms with van der Waals surface area (Å²) in [6, 6.07) is 0. The minimum absolute atomic E-state index is 0.807. The van der Waals surface area contributed by atoms with Crippen molar-refractivity contribution < 1.29 is 12.9 Å². The molecule has 0 N–H and O–H groups in total. The SMILES string of the molecule is COP(F)N=PF. The maximum atomic E-state index is 11.6. The molecule has 0 aromatic carbocycles. The van der Waals surface area contributed by atoms with E-state index < -0.39 is 17.3 Å². The number of hydrogen-bond acceptors (Lipinski definition) is 2. The summed E-state index contributed by atoms with van der Waals surface area (Å²) in [6.45, 7) is 0. The lowest BCUT2D eigenvalue weighted by Crippen LogP contribution is -1.58. The molecule has 0 saturated carbocycles. The van der Waals surface area contributed by atoms with E-state index in [0.717, 1.165) is 7.11 Å². The lowest BCUT2D eigenvalue weighted by molar-refractivity contribution is 0.432. The third-order valence-corrected chi connectivity index (χ3v) is 1.39. The molecule has 0 aromatic rings. The van der Waals surface area contributed by atoms with Crippen LogP contribution in [0.15, 0.2) is 4.52 Å². The van der Waals surface area contributed by atoms with Gasteiger partial charge < -0.3 is 4.52 Å². The minimum Gasteiger partial charge on any atom is -0.316 e. The van der Waals surface area contributed by atoms with Crippen molar-refractivity contribution >= 4 is 17.3 Å². The smallest absolute Gasteiger partial charge is 0.316 e. The van der Waals surface area contributed by atoms with Crippen LogP contribution in [0, 0.1) is 0 Å². The Kier molecular flexibility index (Phi) is 4.73. The Hall–Kier alpha value is 0.350. The fourth-order valence-corrected chi connectivity index (χ4v) is 0.568. The zero-order chi connectivity index (χ0) is 5.70. The molecule has 0 aliphatic heterocycles. The van der Waals surface area contributed by atoms with Crippen LogP contribution < -0.4 is 0 Å². The molecule has 2 nitrogen and oxygen atoms in total. The first-order chi connectivity index (χ1) is 3.31. The van der Waals surface area contributed by atoms with Gasteiger partial charge in [0.1, 0.15) is 0 Å². The normalized spacial score (nSPS) is 15.3. The van der Waals surface area contributed by atoms with E-state index in [2.05, 4.69) is 9.04 Å². The van der Waals surface area contributed by atoms with Crippen LogP contribution >= 0.6 is 17.3 Å². The van der Waals surface area contributed by atoms with Gasteiger partial charge in [-0.1, -0.05) is 0 Å². The van der Waals surface area contributed by atoms with Crippen molar-refractivity contribution in [1.82, 2.24) is 0 Å². The van der Waals surface area contributed by atoms with Gasteiger partial charge >= 0.3 is 8.61 Å². The van der Waals surface area contributed by atoms with Gasteiger partial charge in [0.15, 0.2) is 0 Å². The summed E-state index contributed by atoms with van der Waals surface area (Å²) < 4.78 is 29.2. The quantitative estimate of drug-likeness (QED) is 0.547. The number of hydrogen-bond donors (Lipinski definition) is 0. The van der Waals surface area contributed by atoms with Gasteiger partial charge in [0.05, 0.1) is 0 Å². The first kappa shape index (κ1) is 7.35. The Labute approximate surface area is 42.9 Å². The molecule has 7 heavy (non-hydrogen) atoms. The zero-order valence-corrected chi connectivity index (χ0v) is 5.29. The summed E-state index contributed by atoms with van der Waals surface area (Å²) in [4.78, 5) is 0. The predicted octanol–water partition coefficient (Wildman–Crippen LogP) is 2.84. The van der Waals surface area contributed by atoms with Crippen molar-refractivity contribution in [3.05, 3.63) is 0 Å². The molecular weight excluding hydrogens is 142 g/mol. The third kappa shape index (κ3) is 4.20. The van der Waals surface area contributed by atoms with E-state index >= 15 is 0 Å². The number of halogens is 2. The Bertz CT molecular complexity index is 68.7. The standard InChI is InChI=1S/CH3F2NOP2/c1-5-7(3)4-6-2/h1H3. The number of nitrogens with zero attached hydrogens (tertiary/aromatic N) is 1. The van der Waals surface area contributed by atoms with Gasteiger partial charge in [-0.25, -0.2) is 0 Å². The summed E-state index contributed by atoms with van der Waals surface area (Å²) in [6.07, 6.45) is 0. The molecule has 0 saturated heterocycles. The first-order valence-corrected chi connectivity index (χ1v) is 3.17. The molecule has 0 radical (unpaired) electrons. The van der Waals surface area contributed by atoms with Crippen molar-refractivity contribution in [3.63, 3.8) is 0 Å². The maximum absolute atomic E-state index is 11.6. The average molecular weight is 145 g/mol. The van der Waals surface area contributed by atoms with Crippen LogP contribution in [0.25, 0.3) is 0 Å². The summed E-state index contributed by atoms with van der Waals surface area (Å²) in [5.74, 6) is 0. The summed E-state index contributed by atoms with van der Waals surface area (Å²) >= 11 is 0. The molecule has 0 spiro atoms. The molecule has 1 unspecified atom stereocenters. The number of rotatable bonds is 2. The minimum atomic E-state index is -2.34. The van der Waals surface area contributed by atoms with Gasteiger partial charge in [0.2, 0.25) is 8.68 Å². The van der Waals surface area contributed by atoms with E-state index in [4.69, 9.17) is 0 Å². The fourth-order valence-electron chi connectivity index (χ4n) is 0.0631. The summed E-state index contributed by atoms with van der Waals surface area (Å²) in [5.41, 5.74) is 0. The summed E-state index contributed by atoms with van der Waals surface area (Å²) in [5, 5.41) is 0. The van der Waals surface area contributed by atoms with Crippen LogP contribution in [0.3, 0.4) is 0 Å². The van der Waals surface area contributed by atoms with Crippen LogP contribution in [0.4, 0.5) is 8.39 Å². The van der Waals surface area contributed by atoms with E-state index in [-0.39, 0.29) is 0 Å². The highest BCUT2D eigenvalue weighted by Crippen LogP contribution is 2.41. The van der Waals surface area contributed by atoms with E-state index in [9.17, 15) is 8.39 Å². The highest BCUT2D eigenvalue weighted by Gasteiger charge is 1.97. The molecule has 0 rings (SSSR count). The van der Waals surface area contributed by atoms with Gasteiger partial charge in [-0.3, -0.25) is 0 Å². The maximum Gasteiger partial charge on any atom is 0.358 e. The van der Waals surface area contributed by atoms with Gasteiger partial charge in [-0.2, -0.15) is 12.9 Å². The molecule has 0 aromatic heterocycles. The second kappa shape index (κ2) is 4.51. The average Bonchev–Trinajstić information content (AvgIpc) is 1.68. The second-order valence-corrected chi connectivity index (χ2v) is 2.26. The van der Waals surface area contributed by atoms with Gasteiger partial charge in [-0.15, -0.1) is 0 Å². The molecule has 0 heterocycles. The summed E-state index contributed by atoms with van der Waals surface area (Å²) in [7, 11) is -2.01. The van der Waals surface area contributed by atoms with E-state index in [1.807, 2.05) is 0 Å². The first-order valence-electron chi connectivity index (χ1n) is 1.33. The predicted molar refractivity (Wildman–Crippen MR) is 25.5 cm³/mol. The third-order valence-electron chi connectivity index (χ3n) is 0.255. The van der Waals surface area contributed by atoms with Crippen molar-refractivity contribution in [2.45, 2.75) is 0 Å². The van der Waals surface area contributed by atoms with Gasteiger partial charge in [-0.05, 0) is 0 Å². The van der Waals surface area contributed by atoms with Crippen molar-refractivity contribution in [3.8, 4) is 0 Å². The second-order valence-electron chi connectivity index (χ2n) is 0.574. The molecule has 0 fully saturated rings. The molecule has 0 bridgehead atoms. The Morgan fingerprint density at radius 3 is 2.57 bits per heavy atom. The largest absolute Gasteiger partial charge is 0.358 e. The molecule has 6 heteroatoms. The van der Waals surface area contributed by atoms with Crippen LogP contribution in [0.2, 0.25) is 0 Å². The van der Waals surface area contributed by atoms with E-state index in [0.29, 0.717) is 0 Å².